The van der Waals surface area contributed by atoms with Crippen molar-refractivity contribution in [3.63, 3.8) is 0 Å². The van der Waals surface area contributed by atoms with E-state index in [1.165, 1.54) is 24.3 Å². The average Bonchev–Trinajstić information content (AvgIpc) is 3.09. The van der Waals surface area contributed by atoms with Gasteiger partial charge in [0.2, 0.25) is 5.91 Å². The highest BCUT2D eigenvalue weighted by Gasteiger charge is 2.32. The number of rotatable bonds is 7. The molecule has 1 aliphatic rings. The number of likely N-dealkylation sites (N-methyl/N-ethyl adjacent to an activating group) is 1. The molecule has 0 unspecified atom stereocenters. The molecule has 240 valence electrons. The first-order valence-corrected chi connectivity index (χ1v) is 15.1. The van der Waals surface area contributed by atoms with Crippen LogP contribution >= 0.6 is 0 Å². The Kier molecular flexibility index (Phi) is 10.0. The Labute approximate surface area is 267 Å². The number of amides is 5. The Morgan fingerprint density at radius 2 is 1.70 bits per heavy atom. The van der Waals surface area contributed by atoms with Crippen LogP contribution in [0.15, 0.2) is 84.9 Å². The van der Waals surface area contributed by atoms with Crippen LogP contribution in [0.5, 0.6) is 5.75 Å². The number of benzene rings is 4. The molecule has 4 aromatic carbocycles. The van der Waals surface area contributed by atoms with Crippen molar-refractivity contribution in [2.45, 2.75) is 32.4 Å². The van der Waals surface area contributed by atoms with E-state index < -0.39 is 24.0 Å². The molecule has 0 fully saturated rings. The van der Waals surface area contributed by atoms with Crippen LogP contribution in [0, 0.1) is 11.7 Å². The zero-order chi connectivity index (χ0) is 32.8. The lowest BCUT2D eigenvalue weighted by atomic mass is 10.0. The van der Waals surface area contributed by atoms with Gasteiger partial charge < -0.3 is 35.6 Å². The summed E-state index contributed by atoms with van der Waals surface area (Å²) in [6, 6.07) is 22.7. The van der Waals surface area contributed by atoms with Crippen LogP contribution in [0.2, 0.25) is 0 Å². The van der Waals surface area contributed by atoms with Crippen LogP contribution in [0.3, 0.4) is 0 Å². The molecule has 4 aromatic rings. The Morgan fingerprint density at radius 1 is 1.00 bits per heavy atom. The van der Waals surface area contributed by atoms with Crippen molar-refractivity contribution in [3.05, 3.63) is 96.3 Å². The number of aliphatic hydroxyl groups is 1. The van der Waals surface area contributed by atoms with Gasteiger partial charge in [0.25, 0.3) is 0 Å². The number of halogens is 1. The molecule has 5 rings (SSSR count). The van der Waals surface area contributed by atoms with E-state index in [9.17, 15) is 23.9 Å². The summed E-state index contributed by atoms with van der Waals surface area (Å²) < 4.78 is 19.8. The summed E-state index contributed by atoms with van der Waals surface area (Å²) >= 11 is 0. The number of anilines is 3. The number of fused-ring (bicyclic) bond motifs is 2. The second-order valence-electron chi connectivity index (χ2n) is 11.6. The van der Waals surface area contributed by atoms with Crippen molar-refractivity contribution < 1.29 is 28.6 Å². The van der Waals surface area contributed by atoms with Gasteiger partial charge in [-0.1, -0.05) is 43.3 Å². The molecule has 4 N–H and O–H groups in total. The molecular formula is C35H38FN5O5. The molecule has 0 saturated carbocycles. The van der Waals surface area contributed by atoms with E-state index in [1.807, 2.05) is 49.4 Å². The third-order valence-electron chi connectivity index (χ3n) is 8.11. The van der Waals surface area contributed by atoms with Crippen LogP contribution in [0.25, 0.3) is 10.8 Å². The van der Waals surface area contributed by atoms with Gasteiger partial charge >= 0.3 is 12.1 Å². The third kappa shape index (κ3) is 7.73. The monoisotopic (exact) mass is 627 g/mol. The highest BCUT2D eigenvalue weighted by Crippen LogP contribution is 2.30. The minimum Gasteiger partial charge on any atom is -0.488 e. The predicted octanol–water partition coefficient (Wildman–Crippen LogP) is 5.94. The summed E-state index contributed by atoms with van der Waals surface area (Å²) in [4.78, 5) is 42.7. The lowest BCUT2D eigenvalue weighted by Crippen LogP contribution is -2.48. The van der Waals surface area contributed by atoms with Crippen molar-refractivity contribution in [3.8, 4) is 5.75 Å². The number of nitrogens with zero attached hydrogens (tertiary/aromatic N) is 2. The summed E-state index contributed by atoms with van der Waals surface area (Å²) in [6.45, 7) is 4.04. The average molecular weight is 628 g/mol. The maximum Gasteiger partial charge on any atom is 0.323 e. The van der Waals surface area contributed by atoms with Gasteiger partial charge in [-0.05, 0) is 60.8 Å². The largest absolute Gasteiger partial charge is 0.488 e. The van der Waals surface area contributed by atoms with Gasteiger partial charge in [0.05, 0.1) is 31.3 Å². The molecule has 1 aliphatic heterocycles. The smallest absolute Gasteiger partial charge is 0.323 e. The van der Waals surface area contributed by atoms with E-state index in [0.29, 0.717) is 34.9 Å². The van der Waals surface area contributed by atoms with Crippen molar-refractivity contribution in [2.24, 2.45) is 5.92 Å². The Hall–Kier alpha value is -5.16. The number of urea groups is 2. The topological polar surface area (TPSA) is 123 Å². The molecule has 0 spiro atoms. The van der Waals surface area contributed by atoms with Crippen molar-refractivity contribution in [1.82, 2.24) is 9.80 Å². The lowest BCUT2D eigenvalue weighted by Gasteiger charge is -2.34. The van der Waals surface area contributed by atoms with Crippen LogP contribution in [-0.2, 0) is 11.2 Å². The van der Waals surface area contributed by atoms with E-state index in [-0.39, 0.29) is 37.4 Å². The Bertz CT molecular complexity index is 1710. The maximum atomic E-state index is 13.5. The van der Waals surface area contributed by atoms with Gasteiger partial charge in [-0.25, -0.2) is 14.0 Å². The number of hydrogen-bond donors (Lipinski definition) is 4. The molecule has 5 amide bonds. The van der Waals surface area contributed by atoms with Gasteiger partial charge in [-0.3, -0.25) is 4.79 Å². The van der Waals surface area contributed by atoms with Gasteiger partial charge in [-0.15, -0.1) is 0 Å². The number of ether oxygens (including phenoxy) is 1. The molecule has 46 heavy (non-hydrogen) atoms. The van der Waals surface area contributed by atoms with Gasteiger partial charge in [0.15, 0.2) is 0 Å². The minimum absolute atomic E-state index is 0.0222. The number of carbonyl (C=O) groups excluding carboxylic acids is 3. The molecule has 0 radical (unpaired) electrons. The summed E-state index contributed by atoms with van der Waals surface area (Å²) in [5.41, 5.74) is 2.08. The third-order valence-corrected chi connectivity index (χ3v) is 8.11. The molecule has 10 nitrogen and oxygen atoms in total. The molecular weight excluding hydrogens is 589 g/mol. The fourth-order valence-corrected chi connectivity index (χ4v) is 5.45. The van der Waals surface area contributed by atoms with Crippen LogP contribution in [-0.4, -0.2) is 71.8 Å². The SMILES string of the molecule is C[C@H]1CN([C@@H](C)CO)C(=O)Cc2cc(NC(=O)Nc3ccc(F)cc3)ccc2O[C@@H]1CN(C)C(=O)Nc1cccc2ccccc12. The minimum atomic E-state index is -0.539. The first kappa shape index (κ1) is 32.2. The zero-order valence-electron chi connectivity index (χ0n) is 26.0. The van der Waals surface area contributed by atoms with Gasteiger partial charge in [0, 0.05) is 41.8 Å². The molecule has 0 aromatic heterocycles. The number of nitrogens with one attached hydrogen (secondary N) is 3. The molecule has 11 heteroatoms. The van der Waals surface area contributed by atoms with Gasteiger partial charge in [0.1, 0.15) is 17.7 Å². The van der Waals surface area contributed by atoms with E-state index in [1.54, 1.807) is 42.0 Å². The molecule has 0 aliphatic carbocycles. The highest BCUT2D eigenvalue weighted by molar-refractivity contribution is 6.01. The molecule has 3 atom stereocenters. The highest BCUT2D eigenvalue weighted by atomic mass is 19.1. The quantitative estimate of drug-likeness (QED) is 0.202. The van der Waals surface area contributed by atoms with E-state index in [0.717, 1.165) is 10.8 Å². The maximum absolute atomic E-state index is 13.5. The normalized spacial score (nSPS) is 17.1. The van der Waals surface area contributed by atoms with E-state index >= 15 is 0 Å². The van der Waals surface area contributed by atoms with Crippen molar-refractivity contribution >= 4 is 45.8 Å². The summed E-state index contributed by atoms with van der Waals surface area (Å²) in [5.74, 6) is -0.372. The predicted molar refractivity (Wildman–Crippen MR) is 177 cm³/mol. The first-order chi connectivity index (χ1) is 22.1. The van der Waals surface area contributed by atoms with Crippen LogP contribution < -0.4 is 20.7 Å². The van der Waals surface area contributed by atoms with Crippen molar-refractivity contribution in [1.29, 1.82) is 0 Å². The fraction of sp³-hybridized carbons (Fsp3) is 0.286. The van der Waals surface area contributed by atoms with Crippen LogP contribution in [0.1, 0.15) is 19.4 Å². The van der Waals surface area contributed by atoms with Crippen molar-refractivity contribution in [2.75, 3.05) is 42.7 Å². The summed E-state index contributed by atoms with van der Waals surface area (Å²) in [5, 5.41) is 20.3. The van der Waals surface area contributed by atoms with E-state index in [4.69, 9.17) is 4.74 Å². The second-order valence-corrected chi connectivity index (χ2v) is 11.6. The lowest BCUT2D eigenvalue weighted by molar-refractivity contribution is -0.134. The number of aliphatic hydroxyl groups excluding tert-OH is 1. The zero-order valence-corrected chi connectivity index (χ0v) is 26.0. The first-order valence-electron chi connectivity index (χ1n) is 15.1. The summed E-state index contributed by atoms with van der Waals surface area (Å²) in [7, 11) is 1.69. The number of carbonyl (C=O) groups is 3. The van der Waals surface area contributed by atoms with E-state index in [2.05, 4.69) is 16.0 Å². The second kappa shape index (κ2) is 14.3. The molecule has 1 heterocycles. The fourth-order valence-electron chi connectivity index (χ4n) is 5.45. The standard InChI is InChI=1S/C35H38FN5O5/c1-22-19-41(23(2)21-42)33(43)18-25-17-28(38-34(44)37-27-13-11-26(36)12-14-27)15-16-31(25)46-32(22)20-40(3)35(45)39-30-10-6-8-24-7-4-5-9-29(24)30/h4-17,22-23,32,42H,18-21H2,1-3H3,(H,39,45)(H2,37,38,44)/t22-,23-,32+/m0/s1. The summed E-state index contributed by atoms with van der Waals surface area (Å²) in [6.07, 6.45) is -0.534. The molecule has 0 saturated heterocycles. The Morgan fingerprint density at radius 3 is 2.46 bits per heavy atom. The molecule has 0 bridgehead atoms. The number of hydrogen-bond acceptors (Lipinski definition) is 5. The van der Waals surface area contributed by atoms with Crippen LogP contribution in [0.4, 0.5) is 31.0 Å². The van der Waals surface area contributed by atoms with Gasteiger partial charge in [-0.2, -0.15) is 0 Å². The Balaban J connectivity index is 1.36.